The maximum absolute atomic E-state index is 4.62. The Bertz CT molecular complexity index is 732. The van der Waals surface area contributed by atoms with Crippen LogP contribution in [0.4, 0.5) is 0 Å². The van der Waals surface area contributed by atoms with Gasteiger partial charge in [0.25, 0.3) is 0 Å². The number of nitrogens with zero attached hydrogens (tertiary/aromatic N) is 3. The van der Waals surface area contributed by atoms with E-state index in [4.69, 9.17) is 0 Å². The van der Waals surface area contributed by atoms with Gasteiger partial charge in [0.15, 0.2) is 0 Å². The molecular weight excluding hydrogens is 302 g/mol. The Morgan fingerprint density at radius 1 is 1.16 bits per heavy atom. The van der Waals surface area contributed by atoms with Crippen LogP contribution >= 0.6 is 15.9 Å². The van der Waals surface area contributed by atoms with Crippen molar-refractivity contribution in [3.05, 3.63) is 58.1 Å². The van der Waals surface area contributed by atoms with Crippen molar-refractivity contribution in [2.24, 2.45) is 7.05 Å². The predicted molar refractivity (Wildman–Crippen MR) is 80.2 cm³/mol. The van der Waals surface area contributed by atoms with Crippen LogP contribution in [0.3, 0.4) is 0 Å². The molecule has 0 N–H and O–H groups in total. The Morgan fingerprint density at radius 2 is 1.89 bits per heavy atom. The fourth-order valence-corrected chi connectivity index (χ4v) is 3.04. The molecule has 0 aliphatic rings. The summed E-state index contributed by atoms with van der Waals surface area (Å²) in [6, 6.07) is 10.4. The molecule has 0 atom stereocenters. The minimum absolute atomic E-state index is 0.812. The first kappa shape index (κ1) is 12.4. The van der Waals surface area contributed by atoms with Crippen molar-refractivity contribution in [1.29, 1.82) is 0 Å². The second kappa shape index (κ2) is 4.78. The highest BCUT2D eigenvalue weighted by Gasteiger charge is 2.13. The first-order valence-electron chi connectivity index (χ1n) is 6.17. The number of aromatic nitrogens is 3. The molecule has 0 unspecified atom stereocenters. The molecule has 96 valence electrons. The maximum Gasteiger partial charge on any atom is 0.144 e. The number of fused-ring (bicyclic) bond motifs is 1. The average Bonchev–Trinajstić information content (AvgIpc) is 2.66. The molecule has 0 saturated heterocycles. The molecule has 0 aliphatic carbocycles. The van der Waals surface area contributed by atoms with E-state index in [2.05, 4.69) is 50.2 Å². The van der Waals surface area contributed by atoms with Gasteiger partial charge < -0.3 is 4.57 Å². The van der Waals surface area contributed by atoms with Crippen LogP contribution < -0.4 is 0 Å². The van der Waals surface area contributed by atoms with Gasteiger partial charge in [0.2, 0.25) is 0 Å². The van der Waals surface area contributed by atoms with E-state index in [9.17, 15) is 0 Å². The molecular formula is C15H14BrN3. The molecule has 0 amide bonds. The lowest BCUT2D eigenvalue weighted by molar-refractivity contribution is 0.919. The minimum atomic E-state index is 0.812. The van der Waals surface area contributed by atoms with Gasteiger partial charge >= 0.3 is 0 Å². The molecule has 0 spiro atoms. The van der Waals surface area contributed by atoms with Gasteiger partial charge in [0.1, 0.15) is 11.5 Å². The quantitative estimate of drug-likeness (QED) is 0.723. The summed E-state index contributed by atoms with van der Waals surface area (Å²) in [7, 11) is 2.01. The predicted octanol–water partition coefficient (Wildman–Crippen LogP) is 3.63. The summed E-state index contributed by atoms with van der Waals surface area (Å²) in [5.74, 6) is 0.812. The van der Waals surface area contributed by atoms with E-state index >= 15 is 0 Å². The molecule has 19 heavy (non-hydrogen) atoms. The van der Waals surface area contributed by atoms with Crippen LogP contribution in [-0.2, 0) is 13.5 Å². The summed E-state index contributed by atoms with van der Waals surface area (Å²) in [4.78, 5) is 9.14. The average molecular weight is 316 g/mol. The summed E-state index contributed by atoms with van der Waals surface area (Å²) >= 11 is 3.61. The van der Waals surface area contributed by atoms with Crippen LogP contribution in [0.5, 0.6) is 0 Å². The Kier molecular flexibility index (Phi) is 3.11. The van der Waals surface area contributed by atoms with Gasteiger partial charge in [-0.05, 0) is 28.4 Å². The lowest BCUT2D eigenvalue weighted by atomic mass is 10.1. The van der Waals surface area contributed by atoms with Crippen molar-refractivity contribution in [3.63, 3.8) is 0 Å². The molecule has 2 aromatic heterocycles. The third-order valence-electron chi connectivity index (χ3n) is 3.17. The number of aryl methyl sites for hydroxylation is 2. The topological polar surface area (TPSA) is 30.7 Å². The SMILES string of the molecule is Cc1nc(Cc2ccccc2)c2c(Br)cn(C)c2n1. The molecule has 3 aromatic rings. The van der Waals surface area contributed by atoms with Crippen LogP contribution in [0.1, 0.15) is 17.1 Å². The Balaban J connectivity index is 2.17. The zero-order valence-corrected chi connectivity index (χ0v) is 12.5. The van der Waals surface area contributed by atoms with Crippen molar-refractivity contribution >= 4 is 27.0 Å². The van der Waals surface area contributed by atoms with E-state index in [0.717, 1.165) is 33.4 Å². The van der Waals surface area contributed by atoms with Gasteiger partial charge in [-0.1, -0.05) is 30.3 Å². The zero-order chi connectivity index (χ0) is 13.4. The highest BCUT2D eigenvalue weighted by atomic mass is 79.9. The molecule has 3 nitrogen and oxygen atoms in total. The number of rotatable bonds is 2. The number of hydrogen-bond donors (Lipinski definition) is 0. The van der Waals surface area contributed by atoms with E-state index in [1.165, 1.54) is 5.56 Å². The molecule has 0 saturated carbocycles. The van der Waals surface area contributed by atoms with Crippen LogP contribution in [0.2, 0.25) is 0 Å². The molecule has 0 aliphatic heterocycles. The fourth-order valence-electron chi connectivity index (χ4n) is 2.33. The van der Waals surface area contributed by atoms with Crippen molar-refractivity contribution < 1.29 is 0 Å². The highest BCUT2D eigenvalue weighted by molar-refractivity contribution is 9.10. The van der Waals surface area contributed by atoms with Gasteiger partial charge in [-0.2, -0.15) is 0 Å². The van der Waals surface area contributed by atoms with Gasteiger partial charge in [0, 0.05) is 24.1 Å². The normalized spacial score (nSPS) is 11.1. The number of benzene rings is 1. The zero-order valence-electron chi connectivity index (χ0n) is 10.9. The third kappa shape index (κ3) is 2.28. The largest absolute Gasteiger partial charge is 0.334 e. The molecule has 0 bridgehead atoms. The van der Waals surface area contributed by atoms with Gasteiger partial charge in [-0.15, -0.1) is 0 Å². The van der Waals surface area contributed by atoms with E-state index < -0.39 is 0 Å². The summed E-state index contributed by atoms with van der Waals surface area (Å²) in [6.45, 7) is 1.94. The second-order valence-electron chi connectivity index (χ2n) is 4.67. The monoisotopic (exact) mass is 315 g/mol. The minimum Gasteiger partial charge on any atom is -0.334 e. The first-order valence-corrected chi connectivity index (χ1v) is 6.96. The van der Waals surface area contributed by atoms with E-state index in [1.807, 2.05) is 30.8 Å². The molecule has 0 radical (unpaired) electrons. The molecule has 0 fully saturated rings. The van der Waals surface area contributed by atoms with E-state index in [0.29, 0.717) is 0 Å². The molecule has 3 rings (SSSR count). The standard InChI is InChI=1S/C15H14BrN3/c1-10-17-13(8-11-6-4-3-5-7-11)14-12(16)9-19(2)15(14)18-10/h3-7,9H,8H2,1-2H3. The Hall–Kier alpha value is -1.68. The van der Waals surface area contributed by atoms with Crippen molar-refractivity contribution in [2.45, 2.75) is 13.3 Å². The van der Waals surface area contributed by atoms with Gasteiger partial charge in [-0.3, -0.25) is 0 Å². The van der Waals surface area contributed by atoms with Crippen LogP contribution in [0.25, 0.3) is 11.0 Å². The van der Waals surface area contributed by atoms with Crippen LogP contribution in [0, 0.1) is 6.92 Å². The summed E-state index contributed by atoms with van der Waals surface area (Å²) in [5.41, 5.74) is 3.31. The first-order chi connectivity index (χ1) is 9.15. The van der Waals surface area contributed by atoms with Crippen molar-refractivity contribution in [1.82, 2.24) is 14.5 Å². The Morgan fingerprint density at radius 3 is 2.63 bits per heavy atom. The second-order valence-corrected chi connectivity index (χ2v) is 5.52. The number of hydrogen-bond acceptors (Lipinski definition) is 2. The highest BCUT2D eigenvalue weighted by Crippen LogP contribution is 2.28. The van der Waals surface area contributed by atoms with Crippen LogP contribution in [0.15, 0.2) is 41.0 Å². The van der Waals surface area contributed by atoms with Crippen molar-refractivity contribution in [2.75, 3.05) is 0 Å². The molecule has 1 aromatic carbocycles. The molecule has 2 heterocycles. The maximum atomic E-state index is 4.62. The smallest absolute Gasteiger partial charge is 0.144 e. The summed E-state index contributed by atoms with van der Waals surface area (Å²) in [6.07, 6.45) is 2.86. The fraction of sp³-hybridized carbons (Fsp3) is 0.200. The van der Waals surface area contributed by atoms with Crippen molar-refractivity contribution in [3.8, 4) is 0 Å². The lowest BCUT2D eigenvalue weighted by Crippen LogP contribution is -2.00. The van der Waals surface area contributed by atoms with Gasteiger partial charge in [0.05, 0.1) is 11.1 Å². The molecule has 4 heteroatoms. The number of halogens is 1. The van der Waals surface area contributed by atoms with E-state index in [-0.39, 0.29) is 0 Å². The summed E-state index contributed by atoms with van der Waals surface area (Å²) < 4.78 is 3.08. The van der Waals surface area contributed by atoms with Gasteiger partial charge in [-0.25, -0.2) is 9.97 Å². The van der Waals surface area contributed by atoms with E-state index in [1.54, 1.807) is 0 Å². The third-order valence-corrected chi connectivity index (χ3v) is 3.77. The summed E-state index contributed by atoms with van der Waals surface area (Å²) in [5, 5.41) is 1.11. The Labute approximate surface area is 120 Å². The van der Waals surface area contributed by atoms with Crippen LogP contribution in [-0.4, -0.2) is 14.5 Å². The lowest BCUT2D eigenvalue weighted by Gasteiger charge is -2.05.